The Morgan fingerprint density at radius 3 is 2.79 bits per heavy atom. The van der Waals surface area contributed by atoms with Crippen LogP contribution >= 0.6 is 22.6 Å². The molecule has 0 radical (unpaired) electrons. The lowest BCUT2D eigenvalue weighted by atomic mass is 10.1. The molecule has 19 heavy (non-hydrogen) atoms. The molecule has 0 aromatic carbocycles. The third-order valence-electron chi connectivity index (χ3n) is 3.19. The molecule has 1 aromatic heterocycles. The predicted molar refractivity (Wildman–Crippen MR) is 87.7 cm³/mol. The Kier molecular flexibility index (Phi) is 7.37. The summed E-state index contributed by atoms with van der Waals surface area (Å²) in [5.74, 6) is 0.680. The molecule has 0 saturated carbocycles. The average molecular weight is 378 g/mol. The normalized spacial score (nSPS) is 12.7. The van der Waals surface area contributed by atoms with E-state index in [-0.39, 0.29) is 5.56 Å². The van der Waals surface area contributed by atoms with Crippen molar-refractivity contribution in [1.29, 1.82) is 0 Å². The number of anilines is 1. The van der Waals surface area contributed by atoms with Crippen LogP contribution in [0, 0.1) is 3.57 Å². The minimum Gasteiger partial charge on any atom is -0.367 e. The van der Waals surface area contributed by atoms with Gasteiger partial charge in [-0.05, 0) is 62.0 Å². The highest BCUT2D eigenvalue weighted by Gasteiger charge is 2.09. The zero-order valence-electron chi connectivity index (χ0n) is 11.9. The van der Waals surface area contributed by atoms with Gasteiger partial charge in [-0.1, -0.05) is 13.8 Å². The molecule has 0 amide bonds. The van der Waals surface area contributed by atoms with E-state index in [2.05, 4.69) is 41.0 Å². The number of hydrogen-bond acceptors (Lipinski definition) is 4. The average Bonchev–Trinajstić information content (AvgIpc) is 2.40. The first-order valence-electron chi connectivity index (χ1n) is 6.80. The molecule has 1 rings (SSSR count). The van der Waals surface area contributed by atoms with Crippen molar-refractivity contribution in [1.82, 2.24) is 14.9 Å². The molecule has 0 aliphatic heterocycles. The number of aromatic nitrogens is 2. The van der Waals surface area contributed by atoms with Gasteiger partial charge in [0.15, 0.2) is 0 Å². The Hall–Kier alpha value is -0.630. The van der Waals surface area contributed by atoms with E-state index in [0.717, 1.165) is 32.5 Å². The third-order valence-corrected chi connectivity index (χ3v) is 4.19. The molecule has 0 aliphatic rings. The monoisotopic (exact) mass is 378 g/mol. The number of rotatable bonds is 8. The molecule has 1 atom stereocenters. The molecular weight excluding hydrogens is 355 g/mol. The Morgan fingerprint density at radius 1 is 1.47 bits per heavy atom. The van der Waals surface area contributed by atoms with Crippen LogP contribution in [0.5, 0.6) is 0 Å². The summed E-state index contributed by atoms with van der Waals surface area (Å²) in [6.45, 7) is 9.83. The molecule has 5 nitrogen and oxygen atoms in total. The van der Waals surface area contributed by atoms with Crippen molar-refractivity contribution in [2.45, 2.75) is 39.7 Å². The number of H-pyrrole nitrogens is 1. The van der Waals surface area contributed by atoms with E-state index < -0.39 is 0 Å². The Bertz CT molecular complexity index is 431. The summed E-state index contributed by atoms with van der Waals surface area (Å²) in [6.07, 6.45) is 3.66. The van der Waals surface area contributed by atoms with Gasteiger partial charge in [0.1, 0.15) is 9.39 Å². The second kappa shape index (κ2) is 8.52. The summed E-state index contributed by atoms with van der Waals surface area (Å²) in [6, 6.07) is 0.318. The smallest absolute Gasteiger partial charge is 0.266 e. The van der Waals surface area contributed by atoms with Gasteiger partial charge >= 0.3 is 0 Å². The zero-order valence-corrected chi connectivity index (χ0v) is 14.0. The lowest BCUT2D eigenvalue weighted by Crippen LogP contribution is -2.26. The SMILES string of the molecule is CCN(CC)CCCC(C)Nc1nc[nH]c(=O)c1I. The predicted octanol–water partition coefficient (Wildman–Crippen LogP) is 2.30. The first-order chi connectivity index (χ1) is 9.08. The summed E-state index contributed by atoms with van der Waals surface area (Å²) < 4.78 is 0.621. The van der Waals surface area contributed by atoms with Gasteiger partial charge in [-0.25, -0.2) is 4.98 Å². The Labute approximate surface area is 128 Å². The van der Waals surface area contributed by atoms with Gasteiger partial charge in [0.25, 0.3) is 5.56 Å². The van der Waals surface area contributed by atoms with E-state index in [0.29, 0.717) is 15.4 Å². The van der Waals surface area contributed by atoms with Gasteiger partial charge in [0, 0.05) is 6.04 Å². The molecule has 0 spiro atoms. The summed E-state index contributed by atoms with van der Waals surface area (Å²) in [7, 11) is 0. The van der Waals surface area contributed by atoms with Crippen molar-refractivity contribution in [2.75, 3.05) is 25.0 Å². The van der Waals surface area contributed by atoms with Crippen LogP contribution in [0.4, 0.5) is 5.82 Å². The molecule has 6 heteroatoms. The van der Waals surface area contributed by atoms with Gasteiger partial charge in [0.05, 0.1) is 6.33 Å². The van der Waals surface area contributed by atoms with Crippen molar-refractivity contribution < 1.29 is 0 Å². The van der Waals surface area contributed by atoms with Crippen molar-refractivity contribution >= 4 is 28.4 Å². The molecule has 2 N–H and O–H groups in total. The first-order valence-corrected chi connectivity index (χ1v) is 7.88. The highest BCUT2D eigenvalue weighted by atomic mass is 127. The van der Waals surface area contributed by atoms with Crippen LogP contribution in [-0.2, 0) is 0 Å². The quantitative estimate of drug-likeness (QED) is 0.682. The fourth-order valence-corrected chi connectivity index (χ4v) is 2.40. The number of nitrogens with one attached hydrogen (secondary N) is 2. The summed E-state index contributed by atoms with van der Waals surface area (Å²) in [5.41, 5.74) is -0.0894. The Balaban J connectivity index is 2.41. The van der Waals surface area contributed by atoms with E-state index in [1.807, 2.05) is 22.6 Å². The Morgan fingerprint density at radius 2 is 2.16 bits per heavy atom. The molecular formula is C13H23IN4O. The number of nitrogens with zero attached hydrogens (tertiary/aromatic N) is 2. The van der Waals surface area contributed by atoms with Gasteiger partial charge < -0.3 is 15.2 Å². The van der Waals surface area contributed by atoms with Crippen LogP contribution in [0.3, 0.4) is 0 Å². The first kappa shape index (κ1) is 16.4. The van der Waals surface area contributed by atoms with Gasteiger partial charge in [-0.15, -0.1) is 0 Å². The largest absolute Gasteiger partial charge is 0.367 e. The molecule has 108 valence electrons. The maximum atomic E-state index is 11.5. The zero-order chi connectivity index (χ0) is 14.3. The summed E-state index contributed by atoms with van der Waals surface area (Å²) in [4.78, 5) is 20.6. The third kappa shape index (κ3) is 5.48. The lowest BCUT2D eigenvalue weighted by Gasteiger charge is -2.20. The minimum atomic E-state index is -0.0894. The maximum Gasteiger partial charge on any atom is 0.266 e. The highest BCUT2D eigenvalue weighted by molar-refractivity contribution is 14.1. The van der Waals surface area contributed by atoms with Crippen LogP contribution in [0.15, 0.2) is 11.1 Å². The number of hydrogen-bond donors (Lipinski definition) is 2. The van der Waals surface area contributed by atoms with Gasteiger partial charge in [-0.3, -0.25) is 4.79 Å². The van der Waals surface area contributed by atoms with Gasteiger partial charge in [-0.2, -0.15) is 0 Å². The van der Waals surface area contributed by atoms with Crippen molar-refractivity contribution in [3.8, 4) is 0 Å². The molecule has 0 fully saturated rings. The van der Waals surface area contributed by atoms with Crippen LogP contribution in [0.2, 0.25) is 0 Å². The molecule has 1 aromatic rings. The summed E-state index contributed by atoms with van der Waals surface area (Å²) >= 11 is 2.02. The lowest BCUT2D eigenvalue weighted by molar-refractivity contribution is 0.295. The van der Waals surface area contributed by atoms with E-state index in [4.69, 9.17) is 0 Å². The topological polar surface area (TPSA) is 61.0 Å². The second-order valence-electron chi connectivity index (χ2n) is 4.61. The molecule has 0 bridgehead atoms. The number of halogens is 1. The fourth-order valence-electron chi connectivity index (χ4n) is 1.95. The van der Waals surface area contributed by atoms with E-state index >= 15 is 0 Å². The van der Waals surface area contributed by atoms with Crippen molar-refractivity contribution in [3.05, 3.63) is 20.3 Å². The molecule has 0 saturated heterocycles. The molecule has 1 unspecified atom stereocenters. The highest BCUT2D eigenvalue weighted by Crippen LogP contribution is 2.12. The second-order valence-corrected chi connectivity index (χ2v) is 5.69. The molecule has 0 aliphatic carbocycles. The van der Waals surface area contributed by atoms with Crippen LogP contribution in [0.25, 0.3) is 0 Å². The van der Waals surface area contributed by atoms with Crippen LogP contribution in [-0.4, -0.2) is 40.5 Å². The van der Waals surface area contributed by atoms with E-state index in [9.17, 15) is 4.79 Å². The van der Waals surface area contributed by atoms with Crippen LogP contribution in [0.1, 0.15) is 33.6 Å². The van der Waals surface area contributed by atoms with Gasteiger partial charge in [0.2, 0.25) is 0 Å². The van der Waals surface area contributed by atoms with E-state index in [1.165, 1.54) is 6.33 Å². The molecule has 1 heterocycles. The summed E-state index contributed by atoms with van der Waals surface area (Å²) in [5, 5.41) is 3.30. The standard InChI is InChI=1S/C13H23IN4O/c1-4-18(5-2)8-6-7-10(3)17-12-11(14)13(19)16-9-15-12/h9-10H,4-8H2,1-3H3,(H2,15,16,17,19). The van der Waals surface area contributed by atoms with E-state index in [1.54, 1.807) is 0 Å². The van der Waals surface area contributed by atoms with Crippen molar-refractivity contribution in [2.24, 2.45) is 0 Å². The maximum absolute atomic E-state index is 11.5. The fraction of sp³-hybridized carbons (Fsp3) is 0.692. The van der Waals surface area contributed by atoms with Crippen LogP contribution < -0.4 is 10.9 Å². The number of aromatic amines is 1. The minimum absolute atomic E-state index is 0.0894. The van der Waals surface area contributed by atoms with Crippen molar-refractivity contribution in [3.63, 3.8) is 0 Å².